The number of nitrogens with zero attached hydrogens (tertiary/aromatic N) is 1. The van der Waals surface area contributed by atoms with Gasteiger partial charge in [-0.15, -0.1) is 0 Å². The summed E-state index contributed by atoms with van der Waals surface area (Å²) in [6.07, 6.45) is 3.73. The molecule has 1 unspecified atom stereocenters. The van der Waals surface area contributed by atoms with Crippen molar-refractivity contribution in [1.29, 1.82) is 0 Å². The van der Waals surface area contributed by atoms with Gasteiger partial charge in [0.2, 0.25) is 5.91 Å². The number of halogens is 2. The Hall–Kier alpha value is -1.17. The number of aliphatic hydroxyl groups excluding tert-OH is 1. The van der Waals surface area contributed by atoms with E-state index in [4.69, 9.17) is 16.7 Å². The van der Waals surface area contributed by atoms with Gasteiger partial charge in [-0.1, -0.05) is 11.6 Å². The van der Waals surface area contributed by atoms with E-state index in [-0.39, 0.29) is 24.7 Å². The first kappa shape index (κ1) is 16.2. The Morgan fingerprint density at radius 2 is 2.33 bits per heavy atom. The minimum atomic E-state index is -0.533. The van der Waals surface area contributed by atoms with Crippen LogP contribution >= 0.6 is 11.6 Å². The number of nitrogens with one attached hydrogen (secondary N) is 1. The number of amides is 1. The number of aliphatic hydroxyl groups is 1. The van der Waals surface area contributed by atoms with Crippen LogP contribution in [0.3, 0.4) is 0 Å². The van der Waals surface area contributed by atoms with Crippen molar-refractivity contribution in [3.05, 3.63) is 29.0 Å². The fourth-order valence-corrected chi connectivity index (χ4v) is 2.88. The molecule has 1 aliphatic rings. The van der Waals surface area contributed by atoms with Crippen molar-refractivity contribution < 1.29 is 14.3 Å². The van der Waals surface area contributed by atoms with E-state index in [1.807, 2.05) is 0 Å². The van der Waals surface area contributed by atoms with E-state index in [9.17, 15) is 9.18 Å². The molecule has 0 saturated carbocycles. The van der Waals surface area contributed by atoms with E-state index in [1.165, 1.54) is 12.1 Å². The van der Waals surface area contributed by atoms with Gasteiger partial charge in [0.25, 0.3) is 0 Å². The first-order valence-electron chi connectivity index (χ1n) is 7.20. The van der Waals surface area contributed by atoms with Crippen LogP contribution in [0.2, 0.25) is 5.02 Å². The molecule has 1 aromatic rings. The standard InChI is InChI=1S/C15H20ClFN2O2/c16-11-5-6-14(13(17)9-11)18-15(21)10-19-7-1-3-12(19)4-2-8-20/h5-6,9,12,20H,1-4,7-8,10H2,(H,18,21). The van der Waals surface area contributed by atoms with Gasteiger partial charge in [0.05, 0.1) is 12.2 Å². The first-order valence-corrected chi connectivity index (χ1v) is 7.58. The smallest absolute Gasteiger partial charge is 0.238 e. The number of carbonyl (C=O) groups is 1. The van der Waals surface area contributed by atoms with Crippen LogP contribution in [0.4, 0.5) is 10.1 Å². The van der Waals surface area contributed by atoms with Crippen LogP contribution in [0.15, 0.2) is 18.2 Å². The van der Waals surface area contributed by atoms with Gasteiger partial charge in [-0.05, 0) is 50.4 Å². The van der Waals surface area contributed by atoms with Gasteiger partial charge >= 0.3 is 0 Å². The molecule has 1 heterocycles. The zero-order valence-electron chi connectivity index (χ0n) is 11.8. The van der Waals surface area contributed by atoms with Gasteiger partial charge in [-0.3, -0.25) is 9.69 Å². The van der Waals surface area contributed by atoms with Crippen molar-refractivity contribution in [2.45, 2.75) is 31.7 Å². The summed E-state index contributed by atoms with van der Waals surface area (Å²) in [4.78, 5) is 14.1. The Bertz CT molecular complexity index is 499. The summed E-state index contributed by atoms with van der Waals surface area (Å²) in [7, 11) is 0. The normalized spacial score (nSPS) is 18.9. The van der Waals surface area contributed by atoms with Gasteiger partial charge in [-0.25, -0.2) is 4.39 Å². The van der Waals surface area contributed by atoms with Crippen molar-refractivity contribution in [3.63, 3.8) is 0 Å². The van der Waals surface area contributed by atoms with Gasteiger partial charge in [0.15, 0.2) is 0 Å². The maximum atomic E-state index is 13.6. The van der Waals surface area contributed by atoms with Crippen LogP contribution in [0, 0.1) is 5.82 Å². The predicted octanol–water partition coefficient (Wildman–Crippen LogP) is 2.65. The summed E-state index contributed by atoms with van der Waals surface area (Å²) >= 11 is 5.68. The number of anilines is 1. The number of hydrogen-bond donors (Lipinski definition) is 2. The fourth-order valence-electron chi connectivity index (χ4n) is 2.72. The SMILES string of the molecule is O=C(CN1CCCC1CCCO)Nc1ccc(Cl)cc1F. The number of hydrogen-bond acceptors (Lipinski definition) is 3. The molecule has 1 atom stereocenters. The summed E-state index contributed by atoms with van der Waals surface area (Å²) < 4.78 is 13.6. The quantitative estimate of drug-likeness (QED) is 0.849. The van der Waals surface area contributed by atoms with Crippen molar-refractivity contribution in [2.75, 3.05) is 25.0 Å². The van der Waals surface area contributed by atoms with Crippen LogP contribution in [-0.4, -0.2) is 41.7 Å². The second kappa shape index (κ2) is 7.73. The largest absolute Gasteiger partial charge is 0.396 e. The molecule has 0 aliphatic carbocycles. The maximum Gasteiger partial charge on any atom is 0.238 e. The van der Waals surface area contributed by atoms with E-state index in [0.29, 0.717) is 11.1 Å². The topological polar surface area (TPSA) is 52.6 Å². The predicted molar refractivity (Wildman–Crippen MR) is 81.0 cm³/mol. The van der Waals surface area contributed by atoms with E-state index in [2.05, 4.69) is 10.2 Å². The summed E-state index contributed by atoms with van der Waals surface area (Å²) in [5.74, 6) is -0.763. The molecule has 1 saturated heterocycles. The van der Waals surface area contributed by atoms with Crippen LogP contribution in [0.25, 0.3) is 0 Å². The van der Waals surface area contributed by atoms with E-state index >= 15 is 0 Å². The third-order valence-corrected chi connectivity index (χ3v) is 3.98. The van der Waals surface area contributed by atoms with Crippen LogP contribution in [0.5, 0.6) is 0 Å². The molecule has 0 aromatic heterocycles. The molecule has 21 heavy (non-hydrogen) atoms. The summed E-state index contributed by atoms with van der Waals surface area (Å²) in [6, 6.07) is 4.51. The molecule has 1 aliphatic heterocycles. The lowest BCUT2D eigenvalue weighted by Crippen LogP contribution is -2.37. The second-order valence-electron chi connectivity index (χ2n) is 5.30. The molecule has 1 fully saturated rings. The minimum absolute atomic E-state index is 0.149. The molecular weight excluding hydrogens is 295 g/mol. The number of likely N-dealkylation sites (tertiary alicyclic amines) is 1. The Morgan fingerprint density at radius 1 is 1.52 bits per heavy atom. The lowest BCUT2D eigenvalue weighted by Gasteiger charge is -2.23. The molecule has 2 rings (SSSR count). The summed E-state index contributed by atoms with van der Waals surface area (Å²) in [6.45, 7) is 1.29. The lowest BCUT2D eigenvalue weighted by atomic mass is 10.1. The van der Waals surface area contributed by atoms with Gasteiger partial charge in [0, 0.05) is 17.7 Å². The van der Waals surface area contributed by atoms with E-state index in [1.54, 1.807) is 6.07 Å². The average molecular weight is 315 g/mol. The zero-order chi connectivity index (χ0) is 15.2. The zero-order valence-corrected chi connectivity index (χ0v) is 12.6. The van der Waals surface area contributed by atoms with Gasteiger partial charge < -0.3 is 10.4 Å². The van der Waals surface area contributed by atoms with E-state index < -0.39 is 5.82 Å². The Kier molecular flexibility index (Phi) is 5.96. The van der Waals surface area contributed by atoms with Crippen molar-refractivity contribution in [3.8, 4) is 0 Å². The Labute approximate surface area is 128 Å². The molecule has 0 spiro atoms. The molecular formula is C15H20ClFN2O2. The molecule has 1 amide bonds. The van der Waals surface area contributed by atoms with Gasteiger partial charge in [0.1, 0.15) is 5.82 Å². The Balaban J connectivity index is 1.89. The van der Waals surface area contributed by atoms with E-state index in [0.717, 1.165) is 32.2 Å². The molecule has 0 bridgehead atoms. The molecule has 1 aromatic carbocycles. The molecule has 2 N–H and O–H groups in total. The first-order chi connectivity index (χ1) is 10.1. The third-order valence-electron chi connectivity index (χ3n) is 3.75. The molecule has 6 heteroatoms. The second-order valence-corrected chi connectivity index (χ2v) is 5.74. The highest BCUT2D eigenvalue weighted by atomic mass is 35.5. The lowest BCUT2D eigenvalue weighted by molar-refractivity contribution is -0.117. The van der Waals surface area contributed by atoms with Crippen LogP contribution in [0.1, 0.15) is 25.7 Å². The molecule has 4 nitrogen and oxygen atoms in total. The monoisotopic (exact) mass is 314 g/mol. The van der Waals surface area contributed by atoms with Crippen LogP contribution in [-0.2, 0) is 4.79 Å². The van der Waals surface area contributed by atoms with Gasteiger partial charge in [-0.2, -0.15) is 0 Å². The molecule has 0 radical (unpaired) electrons. The Morgan fingerprint density at radius 3 is 3.05 bits per heavy atom. The molecule has 116 valence electrons. The van der Waals surface area contributed by atoms with Crippen molar-refractivity contribution >= 4 is 23.2 Å². The fraction of sp³-hybridized carbons (Fsp3) is 0.533. The number of rotatable bonds is 6. The van der Waals surface area contributed by atoms with Crippen LogP contribution < -0.4 is 5.32 Å². The highest BCUT2D eigenvalue weighted by molar-refractivity contribution is 6.30. The average Bonchev–Trinajstić information content (AvgIpc) is 2.87. The highest BCUT2D eigenvalue weighted by Gasteiger charge is 2.25. The summed E-state index contributed by atoms with van der Waals surface area (Å²) in [5.41, 5.74) is 0.149. The minimum Gasteiger partial charge on any atom is -0.396 e. The highest BCUT2D eigenvalue weighted by Crippen LogP contribution is 2.22. The van der Waals surface area contributed by atoms with Crippen molar-refractivity contribution in [1.82, 2.24) is 4.90 Å². The number of carbonyl (C=O) groups excluding carboxylic acids is 1. The maximum absolute atomic E-state index is 13.6. The summed E-state index contributed by atoms with van der Waals surface area (Å²) in [5, 5.41) is 11.8. The number of benzene rings is 1. The van der Waals surface area contributed by atoms with Crippen molar-refractivity contribution in [2.24, 2.45) is 0 Å². The third kappa shape index (κ3) is 4.66.